The Morgan fingerprint density at radius 2 is 1.95 bits per heavy atom. The second kappa shape index (κ2) is 6.78. The third-order valence-corrected chi connectivity index (χ3v) is 4.44. The maximum atomic E-state index is 12.0. The van der Waals surface area contributed by atoms with Crippen LogP contribution in [0.25, 0.3) is 0 Å². The molecule has 20 heavy (non-hydrogen) atoms. The zero-order valence-electron chi connectivity index (χ0n) is 12.7. The summed E-state index contributed by atoms with van der Waals surface area (Å²) < 4.78 is 5.51. The van der Waals surface area contributed by atoms with Crippen molar-refractivity contribution in [2.24, 2.45) is 11.8 Å². The number of hydrogen-bond donors (Lipinski definition) is 1. The molecule has 0 spiro atoms. The first kappa shape index (κ1) is 14.9. The van der Waals surface area contributed by atoms with Gasteiger partial charge in [-0.05, 0) is 37.3 Å². The average molecular weight is 275 g/mol. The fourth-order valence-electron chi connectivity index (χ4n) is 2.82. The first-order valence-corrected chi connectivity index (χ1v) is 7.55. The summed E-state index contributed by atoms with van der Waals surface area (Å²) in [5, 5.41) is 3.12. The molecule has 1 N–H and O–H groups in total. The number of carbonyl (C=O) groups is 1. The zero-order valence-corrected chi connectivity index (χ0v) is 12.7. The van der Waals surface area contributed by atoms with Gasteiger partial charge in [-0.2, -0.15) is 0 Å². The summed E-state index contributed by atoms with van der Waals surface area (Å²) in [5.74, 6) is 1.96. The van der Waals surface area contributed by atoms with E-state index < -0.39 is 0 Å². The second-order valence-corrected chi connectivity index (χ2v) is 6.04. The summed E-state index contributed by atoms with van der Waals surface area (Å²) in [4.78, 5) is 12.0. The van der Waals surface area contributed by atoms with Crippen molar-refractivity contribution in [1.82, 2.24) is 5.32 Å². The molecule has 1 saturated carbocycles. The lowest BCUT2D eigenvalue weighted by atomic mass is 9.78. The number of carbonyl (C=O) groups excluding carboxylic acids is 1. The van der Waals surface area contributed by atoms with Gasteiger partial charge in [0.05, 0.1) is 0 Å². The molecule has 110 valence electrons. The van der Waals surface area contributed by atoms with Gasteiger partial charge in [0.25, 0.3) is 5.91 Å². The molecule has 1 aliphatic carbocycles. The van der Waals surface area contributed by atoms with Crippen molar-refractivity contribution in [1.29, 1.82) is 0 Å². The smallest absolute Gasteiger partial charge is 0.258 e. The summed E-state index contributed by atoms with van der Waals surface area (Å²) >= 11 is 0. The maximum absolute atomic E-state index is 12.0. The van der Waals surface area contributed by atoms with E-state index in [1.807, 2.05) is 31.2 Å². The Bertz CT molecular complexity index is 441. The number of aryl methyl sites for hydroxylation is 1. The van der Waals surface area contributed by atoms with Gasteiger partial charge in [-0.1, -0.05) is 44.4 Å². The molecule has 1 aromatic rings. The van der Waals surface area contributed by atoms with Crippen molar-refractivity contribution in [3.05, 3.63) is 29.8 Å². The molecule has 3 heteroatoms. The van der Waals surface area contributed by atoms with Crippen LogP contribution < -0.4 is 10.1 Å². The van der Waals surface area contributed by atoms with E-state index in [1.165, 1.54) is 18.4 Å². The average Bonchev–Trinajstić information content (AvgIpc) is 2.43. The van der Waals surface area contributed by atoms with Crippen LogP contribution in [0.15, 0.2) is 24.3 Å². The topological polar surface area (TPSA) is 38.3 Å². The highest BCUT2D eigenvalue weighted by Crippen LogP contribution is 2.29. The number of ether oxygens (including phenoxy) is 1. The summed E-state index contributed by atoms with van der Waals surface area (Å²) in [6, 6.07) is 8.06. The third kappa shape index (κ3) is 3.99. The number of benzene rings is 1. The van der Waals surface area contributed by atoms with Crippen molar-refractivity contribution in [3.63, 3.8) is 0 Å². The minimum absolute atomic E-state index is 0.0171. The predicted molar refractivity (Wildman–Crippen MR) is 80.8 cm³/mol. The molecule has 3 nitrogen and oxygen atoms in total. The summed E-state index contributed by atoms with van der Waals surface area (Å²) in [7, 11) is 0. The van der Waals surface area contributed by atoms with Crippen molar-refractivity contribution in [3.8, 4) is 5.75 Å². The molecule has 0 unspecified atom stereocenters. The van der Waals surface area contributed by atoms with E-state index in [0.717, 1.165) is 12.2 Å². The first-order chi connectivity index (χ1) is 9.56. The van der Waals surface area contributed by atoms with Crippen molar-refractivity contribution in [2.45, 2.75) is 46.1 Å². The quantitative estimate of drug-likeness (QED) is 0.915. The number of hydrogen-bond acceptors (Lipinski definition) is 2. The van der Waals surface area contributed by atoms with Crippen molar-refractivity contribution >= 4 is 5.91 Å². The highest BCUT2D eigenvalue weighted by Gasteiger charge is 2.28. The fourth-order valence-corrected chi connectivity index (χ4v) is 2.82. The van der Waals surface area contributed by atoms with Gasteiger partial charge in [0, 0.05) is 6.04 Å². The summed E-state index contributed by atoms with van der Waals surface area (Å²) in [5.41, 5.74) is 1.19. The largest absolute Gasteiger partial charge is 0.484 e. The molecule has 0 saturated heterocycles. The van der Waals surface area contributed by atoms with Gasteiger partial charge in [-0.25, -0.2) is 0 Å². The van der Waals surface area contributed by atoms with E-state index in [-0.39, 0.29) is 12.5 Å². The highest BCUT2D eigenvalue weighted by molar-refractivity contribution is 5.77. The molecular weight excluding hydrogens is 250 g/mol. The fraction of sp³-hybridized carbons (Fsp3) is 0.588. The minimum Gasteiger partial charge on any atom is -0.484 e. The van der Waals surface area contributed by atoms with E-state index in [2.05, 4.69) is 19.2 Å². The molecule has 1 amide bonds. The van der Waals surface area contributed by atoms with Crippen LogP contribution in [0.3, 0.4) is 0 Å². The lowest BCUT2D eigenvalue weighted by Crippen LogP contribution is -2.45. The van der Waals surface area contributed by atoms with E-state index in [4.69, 9.17) is 4.74 Å². The molecule has 0 heterocycles. The standard InChI is InChI=1S/C17H25NO2/c1-12-7-9-15(10-8-12)20-11-17(19)18-16-6-4-5-13(2)14(16)3/h7-10,13-14,16H,4-6,11H2,1-3H3,(H,18,19)/t13-,14+,16+/m0/s1. The van der Waals surface area contributed by atoms with Crippen LogP contribution in [0, 0.1) is 18.8 Å². The Morgan fingerprint density at radius 1 is 1.25 bits per heavy atom. The SMILES string of the molecule is Cc1ccc(OCC(=O)N[C@@H]2CCC[C@H](C)[C@H]2C)cc1. The third-order valence-electron chi connectivity index (χ3n) is 4.44. The van der Waals surface area contributed by atoms with Crippen LogP contribution in [0.1, 0.15) is 38.7 Å². The van der Waals surface area contributed by atoms with Gasteiger partial charge in [0.15, 0.2) is 6.61 Å². The van der Waals surface area contributed by atoms with Gasteiger partial charge in [-0.15, -0.1) is 0 Å². The van der Waals surface area contributed by atoms with Crippen LogP contribution in [0.2, 0.25) is 0 Å². The molecule has 0 aliphatic heterocycles. The van der Waals surface area contributed by atoms with E-state index in [9.17, 15) is 4.79 Å². The second-order valence-electron chi connectivity index (χ2n) is 6.04. The zero-order chi connectivity index (χ0) is 14.5. The van der Waals surface area contributed by atoms with Crippen molar-refractivity contribution < 1.29 is 9.53 Å². The number of amides is 1. The minimum atomic E-state index is -0.0171. The molecule has 0 aromatic heterocycles. The van der Waals surface area contributed by atoms with E-state index >= 15 is 0 Å². The van der Waals surface area contributed by atoms with Crippen LogP contribution >= 0.6 is 0 Å². The Balaban J connectivity index is 1.79. The van der Waals surface area contributed by atoms with Crippen LogP contribution in [-0.4, -0.2) is 18.6 Å². The van der Waals surface area contributed by atoms with Crippen LogP contribution in [0.4, 0.5) is 0 Å². The molecule has 3 atom stereocenters. The first-order valence-electron chi connectivity index (χ1n) is 7.55. The van der Waals surface area contributed by atoms with E-state index in [0.29, 0.717) is 17.9 Å². The Hall–Kier alpha value is -1.51. The molecule has 1 aromatic carbocycles. The molecular formula is C17H25NO2. The molecule has 1 fully saturated rings. The van der Waals surface area contributed by atoms with Gasteiger partial charge in [-0.3, -0.25) is 4.79 Å². The number of rotatable bonds is 4. The normalized spacial score (nSPS) is 26.1. The molecule has 0 radical (unpaired) electrons. The Morgan fingerprint density at radius 3 is 2.65 bits per heavy atom. The lowest BCUT2D eigenvalue weighted by Gasteiger charge is -2.34. The molecule has 1 aliphatic rings. The van der Waals surface area contributed by atoms with Gasteiger partial charge in [0.2, 0.25) is 0 Å². The van der Waals surface area contributed by atoms with Gasteiger partial charge < -0.3 is 10.1 Å². The summed E-state index contributed by atoms with van der Waals surface area (Å²) in [6.45, 7) is 6.63. The monoisotopic (exact) mass is 275 g/mol. The van der Waals surface area contributed by atoms with Crippen LogP contribution in [0.5, 0.6) is 5.75 Å². The Labute approximate surface area is 121 Å². The van der Waals surface area contributed by atoms with Gasteiger partial charge >= 0.3 is 0 Å². The lowest BCUT2D eigenvalue weighted by molar-refractivity contribution is -0.124. The summed E-state index contributed by atoms with van der Waals surface area (Å²) in [6.07, 6.45) is 3.56. The predicted octanol–water partition coefficient (Wildman–Crippen LogP) is 3.31. The maximum Gasteiger partial charge on any atom is 0.258 e. The number of nitrogens with one attached hydrogen (secondary N) is 1. The van der Waals surface area contributed by atoms with Gasteiger partial charge in [0.1, 0.15) is 5.75 Å². The Kier molecular flexibility index (Phi) is 5.05. The molecule has 0 bridgehead atoms. The van der Waals surface area contributed by atoms with Crippen molar-refractivity contribution in [2.75, 3.05) is 6.61 Å². The van der Waals surface area contributed by atoms with E-state index in [1.54, 1.807) is 0 Å². The van der Waals surface area contributed by atoms with Crippen LogP contribution in [-0.2, 0) is 4.79 Å². The highest BCUT2D eigenvalue weighted by atomic mass is 16.5. The molecule has 2 rings (SSSR count).